The predicted octanol–water partition coefficient (Wildman–Crippen LogP) is -0.396. The van der Waals surface area contributed by atoms with E-state index in [0.717, 1.165) is 12.8 Å². The van der Waals surface area contributed by atoms with Crippen molar-refractivity contribution in [1.29, 1.82) is 0 Å². The Morgan fingerprint density at radius 2 is 1.05 bits per heavy atom. The molecule has 0 aromatic rings. The van der Waals surface area contributed by atoms with Crippen LogP contribution in [0.3, 0.4) is 0 Å². The average Bonchev–Trinajstić information content (AvgIpc) is 3.22. The summed E-state index contributed by atoms with van der Waals surface area (Å²) in [5.74, 6) is -5.52. The average molecular weight is 931 g/mol. The molecule has 0 aliphatic carbocycles. The van der Waals surface area contributed by atoms with Crippen LogP contribution in [0.2, 0.25) is 0 Å². The Labute approximate surface area is 383 Å². The summed E-state index contributed by atoms with van der Waals surface area (Å²) >= 11 is 0. The number of unbranched alkanes of at least 4 members (excludes halogenated alkanes) is 3. The molecular formula is C43H78N8O14. The van der Waals surface area contributed by atoms with Crippen LogP contribution in [-0.2, 0) is 47.8 Å². The number of carboxylic acids is 4. The van der Waals surface area contributed by atoms with Crippen LogP contribution in [0.4, 0.5) is 0 Å². The van der Waals surface area contributed by atoms with Crippen molar-refractivity contribution in [3.05, 3.63) is 0 Å². The van der Waals surface area contributed by atoms with Crippen molar-refractivity contribution in [2.24, 2.45) is 11.8 Å². The lowest BCUT2D eigenvalue weighted by atomic mass is 10.1. The highest BCUT2D eigenvalue weighted by Gasteiger charge is 2.29. The van der Waals surface area contributed by atoms with Gasteiger partial charge in [-0.3, -0.25) is 58.0 Å². The maximum absolute atomic E-state index is 13.1. The van der Waals surface area contributed by atoms with Gasteiger partial charge in [-0.15, -0.1) is 0 Å². The second kappa shape index (κ2) is 34.8. The second-order valence-electron chi connectivity index (χ2n) is 16.9. The van der Waals surface area contributed by atoms with Gasteiger partial charge in [0.05, 0.1) is 39.5 Å². The van der Waals surface area contributed by atoms with Gasteiger partial charge in [0.2, 0.25) is 23.6 Å². The molecule has 22 heteroatoms. The summed E-state index contributed by atoms with van der Waals surface area (Å²) in [7, 11) is 1.63. The summed E-state index contributed by atoms with van der Waals surface area (Å²) in [6, 6.07) is -2.02. The molecule has 22 nitrogen and oxygen atoms in total. The number of hydrogen-bond acceptors (Lipinski definition) is 14. The number of carboxylic acid groups (broad SMARTS) is 4. The number of hydrogen-bond donors (Lipinski definition) is 8. The zero-order valence-electron chi connectivity index (χ0n) is 39.1. The number of amides is 4. The van der Waals surface area contributed by atoms with E-state index >= 15 is 0 Å². The van der Waals surface area contributed by atoms with E-state index in [-0.39, 0.29) is 146 Å². The summed E-state index contributed by atoms with van der Waals surface area (Å²) in [6.07, 6.45) is 3.76. The molecule has 4 amide bonds. The quantitative estimate of drug-likeness (QED) is 0.0389. The highest BCUT2D eigenvalue weighted by atomic mass is 16.5. The Morgan fingerprint density at radius 1 is 0.569 bits per heavy atom. The Morgan fingerprint density at radius 3 is 1.51 bits per heavy atom. The van der Waals surface area contributed by atoms with Gasteiger partial charge in [0, 0.05) is 104 Å². The van der Waals surface area contributed by atoms with Gasteiger partial charge in [-0.2, -0.15) is 0 Å². The number of carbonyl (C=O) groups excluding carboxylic acids is 4. The molecule has 0 aromatic heterocycles. The molecule has 1 rings (SSSR count). The fourth-order valence-corrected chi connectivity index (χ4v) is 7.13. The molecule has 3 unspecified atom stereocenters. The molecule has 0 bridgehead atoms. The van der Waals surface area contributed by atoms with E-state index < -0.39 is 36.0 Å². The normalized spacial score (nSPS) is 16.7. The minimum atomic E-state index is -1.19. The lowest BCUT2D eigenvalue weighted by molar-refractivity contribution is -0.145. The zero-order valence-corrected chi connectivity index (χ0v) is 39.1. The second-order valence-corrected chi connectivity index (χ2v) is 16.9. The van der Waals surface area contributed by atoms with E-state index in [1.165, 1.54) is 0 Å². The van der Waals surface area contributed by atoms with Gasteiger partial charge in [-0.1, -0.05) is 33.6 Å². The number of aliphatic carboxylic acids is 4. The molecule has 1 fully saturated rings. The summed E-state index contributed by atoms with van der Waals surface area (Å²) in [4.78, 5) is 105. The minimum absolute atomic E-state index is 0.00243. The highest BCUT2D eigenvalue weighted by molar-refractivity contribution is 5.88. The van der Waals surface area contributed by atoms with Gasteiger partial charge >= 0.3 is 23.9 Å². The van der Waals surface area contributed by atoms with E-state index in [0.29, 0.717) is 52.2 Å². The van der Waals surface area contributed by atoms with Crippen molar-refractivity contribution in [2.75, 3.05) is 119 Å². The Balaban J connectivity index is 2.68. The molecule has 1 saturated heterocycles. The molecule has 0 spiro atoms. The van der Waals surface area contributed by atoms with Crippen molar-refractivity contribution in [3.63, 3.8) is 0 Å². The molecule has 65 heavy (non-hydrogen) atoms. The number of nitrogens with zero attached hydrogens (tertiary/aromatic N) is 4. The predicted molar refractivity (Wildman–Crippen MR) is 239 cm³/mol. The molecule has 0 aromatic carbocycles. The van der Waals surface area contributed by atoms with Gasteiger partial charge < -0.3 is 51.2 Å². The molecule has 1 aliphatic heterocycles. The third-order valence-electron chi connectivity index (χ3n) is 10.8. The summed E-state index contributed by atoms with van der Waals surface area (Å²) in [5, 5.41) is 49.8. The van der Waals surface area contributed by atoms with Crippen molar-refractivity contribution in [2.45, 2.75) is 97.1 Å². The minimum Gasteiger partial charge on any atom is -0.480 e. The summed E-state index contributed by atoms with van der Waals surface area (Å²) in [6.45, 7) is 8.67. The van der Waals surface area contributed by atoms with Crippen molar-refractivity contribution < 1.29 is 68.3 Å². The van der Waals surface area contributed by atoms with Crippen LogP contribution in [-0.4, -0.2) is 218 Å². The number of nitrogens with one attached hydrogen (secondary N) is 4. The van der Waals surface area contributed by atoms with Crippen molar-refractivity contribution in [3.8, 4) is 0 Å². The fraction of sp³-hybridized carbons (Fsp3) is 0.814. The van der Waals surface area contributed by atoms with E-state index in [4.69, 9.17) is 9.47 Å². The van der Waals surface area contributed by atoms with E-state index in [9.17, 15) is 58.8 Å². The monoisotopic (exact) mass is 931 g/mol. The maximum Gasteiger partial charge on any atom is 0.320 e. The fourth-order valence-electron chi connectivity index (χ4n) is 7.13. The first kappa shape index (κ1) is 58.5. The van der Waals surface area contributed by atoms with Gasteiger partial charge in [-0.05, 0) is 38.0 Å². The number of rotatable bonds is 33. The van der Waals surface area contributed by atoms with Crippen LogP contribution < -0.4 is 21.3 Å². The van der Waals surface area contributed by atoms with Crippen LogP contribution in [0.5, 0.6) is 0 Å². The summed E-state index contributed by atoms with van der Waals surface area (Å²) < 4.78 is 10.9. The lowest BCUT2D eigenvalue weighted by Gasteiger charge is -2.35. The largest absolute Gasteiger partial charge is 0.480 e. The van der Waals surface area contributed by atoms with Crippen LogP contribution in [0.1, 0.15) is 85.0 Å². The van der Waals surface area contributed by atoms with Crippen molar-refractivity contribution >= 4 is 47.5 Å². The molecule has 8 N–H and O–H groups in total. The van der Waals surface area contributed by atoms with Gasteiger partial charge in [-0.25, -0.2) is 0 Å². The maximum atomic E-state index is 13.1. The van der Waals surface area contributed by atoms with Crippen molar-refractivity contribution in [1.82, 2.24) is 40.9 Å². The van der Waals surface area contributed by atoms with E-state index in [2.05, 4.69) is 21.3 Å². The Bertz CT molecular complexity index is 1430. The molecule has 1 heterocycles. The molecule has 374 valence electrons. The van der Waals surface area contributed by atoms with Gasteiger partial charge in [0.1, 0.15) is 12.1 Å². The topological polar surface area (TPSA) is 297 Å². The van der Waals surface area contributed by atoms with Gasteiger partial charge in [0.25, 0.3) is 0 Å². The lowest BCUT2D eigenvalue weighted by Crippen LogP contribution is -2.52. The Hall–Kier alpha value is -4.48. The third kappa shape index (κ3) is 29.6. The molecule has 1 aliphatic rings. The van der Waals surface area contributed by atoms with Crippen LogP contribution >= 0.6 is 0 Å². The molecule has 0 saturated carbocycles. The van der Waals surface area contributed by atoms with E-state index in [1.807, 2.05) is 20.8 Å². The number of carbonyl (C=O) groups is 8. The van der Waals surface area contributed by atoms with E-state index in [1.54, 1.807) is 26.7 Å². The highest BCUT2D eigenvalue weighted by Crippen LogP contribution is 2.11. The molecule has 4 atom stereocenters. The smallest absolute Gasteiger partial charge is 0.320 e. The molecule has 0 radical (unpaired) electrons. The third-order valence-corrected chi connectivity index (χ3v) is 10.8. The standard InChI is InChI=1S/C43H78N8O14/c1-5-6-7-10-38(54)47-34(42(61)46-25-32(2)30-65-31-33(3)29-64-4)11-13-36(52)44-15-8-9-16-45-37(53)14-12-35(43(62)63)51-23-21-49(27-40(57)58)19-17-48(26-39(55)56)18-20-50(22-24-51)28-41(59)60/h32-35H,5-31H2,1-4H3,(H,44,52)(H,45,53)(H,46,61)(H,47,54)(H,55,56)(H,57,58)(H,59,60)(H,62,63)/t32?,33?,34-,35?/m0/s1. The first-order chi connectivity index (χ1) is 30.9. The zero-order chi connectivity index (χ0) is 48.6. The first-order valence-electron chi connectivity index (χ1n) is 22.9. The number of methoxy groups -OCH3 is 1. The van der Waals surface area contributed by atoms with Crippen LogP contribution in [0, 0.1) is 11.8 Å². The van der Waals surface area contributed by atoms with Crippen LogP contribution in [0.15, 0.2) is 0 Å². The number of ether oxygens (including phenoxy) is 2. The van der Waals surface area contributed by atoms with Crippen LogP contribution in [0.25, 0.3) is 0 Å². The summed E-state index contributed by atoms with van der Waals surface area (Å²) in [5.41, 5.74) is 0. The first-order valence-corrected chi connectivity index (χ1v) is 22.9. The Kier molecular flexibility index (Phi) is 31.3. The van der Waals surface area contributed by atoms with Gasteiger partial charge in [0.15, 0.2) is 0 Å². The SMILES string of the molecule is CCCCCC(=O)N[C@@H](CCC(=O)NCCCCNC(=O)CCC(C(=O)O)N1CCN(CC(=O)O)CCN(CC(=O)O)CCN(CC(=O)O)CC1)C(=O)NCC(C)COCC(C)COC. The molecular weight excluding hydrogens is 853 g/mol.